The van der Waals surface area contributed by atoms with Crippen LogP contribution in [0.4, 0.5) is 0 Å². The second-order valence-corrected chi connectivity index (χ2v) is 3.01. The van der Waals surface area contributed by atoms with Crippen LogP contribution in [-0.2, 0) is 4.74 Å². The molecule has 1 aliphatic heterocycles. The topological polar surface area (TPSA) is 9.23 Å². The SMILES string of the molecule is CC.CCC(C)C1CCOC1. The Kier molecular flexibility index (Phi) is 6.63. The Hall–Kier alpha value is -0.0400. The van der Waals surface area contributed by atoms with Gasteiger partial charge in [0.25, 0.3) is 0 Å². The average molecular weight is 158 g/mol. The zero-order chi connectivity index (χ0) is 8.69. The monoisotopic (exact) mass is 158 g/mol. The summed E-state index contributed by atoms with van der Waals surface area (Å²) in [6, 6.07) is 0. The van der Waals surface area contributed by atoms with Gasteiger partial charge in [-0.05, 0) is 18.3 Å². The predicted octanol–water partition coefficient (Wildman–Crippen LogP) is 3.10. The molecule has 1 fully saturated rings. The van der Waals surface area contributed by atoms with Gasteiger partial charge in [-0.15, -0.1) is 0 Å². The minimum Gasteiger partial charge on any atom is -0.381 e. The van der Waals surface area contributed by atoms with Crippen LogP contribution in [-0.4, -0.2) is 13.2 Å². The molecule has 0 aromatic rings. The van der Waals surface area contributed by atoms with E-state index in [0.717, 1.165) is 25.0 Å². The Morgan fingerprint density at radius 1 is 1.45 bits per heavy atom. The highest BCUT2D eigenvalue weighted by Crippen LogP contribution is 2.23. The van der Waals surface area contributed by atoms with Gasteiger partial charge in [-0.2, -0.15) is 0 Å². The molecule has 1 nitrogen and oxygen atoms in total. The fourth-order valence-corrected chi connectivity index (χ4v) is 1.33. The zero-order valence-corrected chi connectivity index (χ0v) is 8.39. The van der Waals surface area contributed by atoms with Crippen molar-refractivity contribution < 1.29 is 4.74 Å². The maximum atomic E-state index is 5.28. The molecule has 1 rings (SSSR count). The minimum atomic E-state index is 0.856. The van der Waals surface area contributed by atoms with E-state index in [4.69, 9.17) is 4.74 Å². The highest BCUT2D eigenvalue weighted by Gasteiger charge is 2.20. The molecule has 2 atom stereocenters. The summed E-state index contributed by atoms with van der Waals surface area (Å²) in [5.74, 6) is 1.72. The Bertz CT molecular complexity index is 74.9. The summed E-state index contributed by atoms with van der Waals surface area (Å²) in [5, 5.41) is 0. The van der Waals surface area contributed by atoms with Crippen LogP contribution in [0.15, 0.2) is 0 Å². The Morgan fingerprint density at radius 3 is 2.45 bits per heavy atom. The molecule has 1 saturated heterocycles. The molecule has 2 unspecified atom stereocenters. The number of hydrogen-bond acceptors (Lipinski definition) is 1. The summed E-state index contributed by atoms with van der Waals surface area (Å²) in [6.07, 6.45) is 2.59. The van der Waals surface area contributed by atoms with Crippen LogP contribution in [0, 0.1) is 11.8 Å². The van der Waals surface area contributed by atoms with Crippen molar-refractivity contribution in [2.45, 2.75) is 40.5 Å². The van der Waals surface area contributed by atoms with Crippen LogP contribution in [0.2, 0.25) is 0 Å². The van der Waals surface area contributed by atoms with Crippen LogP contribution in [0.3, 0.4) is 0 Å². The van der Waals surface area contributed by atoms with Crippen molar-refractivity contribution in [3.8, 4) is 0 Å². The van der Waals surface area contributed by atoms with E-state index in [0.29, 0.717) is 0 Å². The third-order valence-corrected chi connectivity index (χ3v) is 2.41. The molecule has 0 aliphatic carbocycles. The molecule has 11 heavy (non-hydrogen) atoms. The van der Waals surface area contributed by atoms with Crippen molar-refractivity contribution in [1.82, 2.24) is 0 Å². The van der Waals surface area contributed by atoms with Gasteiger partial charge in [0.05, 0.1) is 0 Å². The maximum Gasteiger partial charge on any atom is 0.0497 e. The summed E-state index contributed by atoms with van der Waals surface area (Å²) in [4.78, 5) is 0. The fourth-order valence-electron chi connectivity index (χ4n) is 1.33. The molecule has 0 aromatic heterocycles. The third-order valence-electron chi connectivity index (χ3n) is 2.41. The average Bonchev–Trinajstić information content (AvgIpc) is 2.59. The van der Waals surface area contributed by atoms with Crippen LogP contribution in [0.5, 0.6) is 0 Å². The van der Waals surface area contributed by atoms with Gasteiger partial charge in [-0.25, -0.2) is 0 Å². The molecule has 0 N–H and O–H groups in total. The maximum absolute atomic E-state index is 5.28. The molecule has 1 heteroatoms. The van der Waals surface area contributed by atoms with Crippen molar-refractivity contribution in [3.05, 3.63) is 0 Å². The minimum absolute atomic E-state index is 0.856. The van der Waals surface area contributed by atoms with Gasteiger partial charge in [-0.3, -0.25) is 0 Å². The molecule has 0 aromatic carbocycles. The second-order valence-electron chi connectivity index (χ2n) is 3.01. The smallest absolute Gasteiger partial charge is 0.0497 e. The molecular weight excluding hydrogens is 136 g/mol. The van der Waals surface area contributed by atoms with Crippen LogP contribution >= 0.6 is 0 Å². The van der Waals surface area contributed by atoms with Gasteiger partial charge in [0.2, 0.25) is 0 Å². The fraction of sp³-hybridized carbons (Fsp3) is 1.00. The highest BCUT2D eigenvalue weighted by molar-refractivity contribution is 4.68. The third kappa shape index (κ3) is 3.76. The number of rotatable bonds is 2. The second kappa shape index (κ2) is 6.66. The lowest BCUT2D eigenvalue weighted by Gasteiger charge is -2.13. The molecule has 68 valence electrons. The lowest BCUT2D eigenvalue weighted by Crippen LogP contribution is -2.09. The molecule has 0 bridgehead atoms. The molecule has 1 aliphatic rings. The lowest BCUT2D eigenvalue weighted by atomic mass is 9.91. The number of hydrogen-bond donors (Lipinski definition) is 0. The van der Waals surface area contributed by atoms with E-state index in [-0.39, 0.29) is 0 Å². The van der Waals surface area contributed by atoms with Gasteiger partial charge < -0.3 is 4.74 Å². The van der Waals surface area contributed by atoms with Crippen molar-refractivity contribution >= 4 is 0 Å². The van der Waals surface area contributed by atoms with Gasteiger partial charge in [-0.1, -0.05) is 34.1 Å². The standard InChI is InChI=1S/C8H16O.C2H6/c1-3-7(2)8-4-5-9-6-8;1-2/h7-8H,3-6H2,1-2H3;1-2H3. The largest absolute Gasteiger partial charge is 0.381 e. The molecular formula is C10H22O. The van der Waals surface area contributed by atoms with E-state index in [1.54, 1.807) is 0 Å². The van der Waals surface area contributed by atoms with E-state index >= 15 is 0 Å². The molecule has 0 radical (unpaired) electrons. The molecule has 1 heterocycles. The Labute approximate surface area is 71.1 Å². The molecule has 0 amide bonds. The van der Waals surface area contributed by atoms with E-state index in [1.165, 1.54) is 12.8 Å². The van der Waals surface area contributed by atoms with Gasteiger partial charge in [0, 0.05) is 13.2 Å². The Morgan fingerprint density at radius 2 is 2.09 bits per heavy atom. The first-order valence-electron chi connectivity index (χ1n) is 4.92. The summed E-state index contributed by atoms with van der Waals surface area (Å²) >= 11 is 0. The van der Waals surface area contributed by atoms with Crippen LogP contribution < -0.4 is 0 Å². The van der Waals surface area contributed by atoms with Gasteiger partial charge >= 0.3 is 0 Å². The van der Waals surface area contributed by atoms with E-state index < -0.39 is 0 Å². The van der Waals surface area contributed by atoms with Crippen molar-refractivity contribution in [1.29, 1.82) is 0 Å². The van der Waals surface area contributed by atoms with Crippen LogP contribution in [0.25, 0.3) is 0 Å². The summed E-state index contributed by atoms with van der Waals surface area (Å²) < 4.78 is 5.28. The summed E-state index contributed by atoms with van der Waals surface area (Å²) in [7, 11) is 0. The van der Waals surface area contributed by atoms with Crippen molar-refractivity contribution in [3.63, 3.8) is 0 Å². The molecule has 0 spiro atoms. The first-order chi connectivity index (χ1) is 5.34. The van der Waals surface area contributed by atoms with Gasteiger partial charge in [0.1, 0.15) is 0 Å². The van der Waals surface area contributed by atoms with E-state index in [1.807, 2.05) is 13.8 Å². The number of ether oxygens (including phenoxy) is 1. The van der Waals surface area contributed by atoms with Crippen LogP contribution in [0.1, 0.15) is 40.5 Å². The zero-order valence-electron chi connectivity index (χ0n) is 8.39. The van der Waals surface area contributed by atoms with Crippen molar-refractivity contribution in [2.24, 2.45) is 11.8 Å². The van der Waals surface area contributed by atoms with Gasteiger partial charge in [0.15, 0.2) is 0 Å². The lowest BCUT2D eigenvalue weighted by molar-refractivity contribution is 0.173. The van der Waals surface area contributed by atoms with E-state index in [9.17, 15) is 0 Å². The summed E-state index contributed by atoms with van der Waals surface area (Å²) in [6.45, 7) is 10.6. The first kappa shape index (κ1) is 11.0. The van der Waals surface area contributed by atoms with Crippen molar-refractivity contribution in [2.75, 3.05) is 13.2 Å². The molecule has 0 saturated carbocycles. The normalized spacial score (nSPS) is 25.6. The summed E-state index contributed by atoms with van der Waals surface area (Å²) in [5.41, 5.74) is 0. The Balaban J connectivity index is 0.000000461. The predicted molar refractivity (Wildman–Crippen MR) is 49.7 cm³/mol. The highest BCUT2D eigenvalue weighted by atomic mass is 16.5. The quantitative estimate of drug-likeness (QED) is 0.600. The first-order valence-corrected chi connectivity index (χ1v) is 4.92. The van der Waals surface area contributed by atoms with E-state index in [2.05, 4.69) is 13.8 Å².